The molecule has 2 amide bonds. The van der Waals surface area contributed by atoms with Gasteiger partial charge in [0.25, 0.3) is 0 Å². The smallest absolute Gasteiger partial charge is 0.303 e. The van der Waals surface area contributed by atoms with Gasteiger partial charge in [0.1, 0.15) is 40.5 Å². The zero-order valence-corrected chi connectivity index (χ0v) is 54.4. The monoisotopic (exact) mass is 1220 g/mol. The van der Waals surface area contributed by atoms with Crippen molar-refractivity contribution in [2.75, 3.05) is 12.3 Å². The Hall–Kier alpha value is -7.43. The number of carbonyl (C=O) groups is 11. The maximum atomic E-state index is 11.6. The highest BCUT2D eigenvalue weighted by molar-refractivity contribution is 5.90. The molecule has 0 spiro atoms. The predicted molar refractivity (Wildman–Crippen MR) is 348 cm³/mol. The average Bonchev–Trinajstić information content (AvgIpc) is 3.96. The van der Waals surface area contributed by atoms with Crippen molar-refractivity contribution in [1.82, 2.24) is 10.3 Å². The summed E-state index contributed by atoms with van der Waals surface area (Å²) < 4.78 is 0. The third kappa shape index (κ3) is 51.5. The van der Waals surface area contributed by atoms with Crippen LogP contribution in [0.25, 0.3) is 10.9 Å². The highest BCUT2D eigenvalue weighted by Crippen LogP contribution is 2.16. The molecule has 4 aromatic rings. The van der Waals surface area contributed by atoms with E-state index in [-0.39, 0.29) is 94.9 Å². The molecule has 87 heavy (non-hydrogen) atoms. The number of carbonyl (C=O) groups excluding carboxylic acids is 10. The Kier molecular flexibility index (Phi) is 50.1. The number of carboxylic acid groups (broad SMARTS) is 1. The molecule has 3 aromatic carbocycles. The van der Waals surface area contributed by atoms with E-state index in [1.165, 1.54) is 52.5 Å². The number of aromatic nitrogens is 1. The van der Waals surface area contributed by atoms with Crippen LogP contribution in [-0.2, 0) is 72.0 Å². The quantitative estimate of drug-likeness (QED) is 0.0264. The molecule has 0 bridgehead atoms. The van der Waals surface area contributed by atoms with E-state index >= 15 is 0 Å². The van der Waals surface area contributed by atoms with Crippen LogP contribution in [0.5, 0.6) is 0 Å². The molecular weight excluding hydrogens is 1110 g/mol. The van der Waals surface area contributed by atoms with Gasteiger partial charge in [-0.1, -0.05) is 102 Å². The number of rotatable bonds is 27. The van der Waals surface area contributed by atoms with Crippen molar-refractivity contribution >= 4 is 80.6 Å². The minimum atomic E-state index is -0.837. The number of ketones is 8. The number of aryl methyl sites for hydroxylation is 2. The van der Waals surface area contributed by atoms with Gasteiger partial charge in [0, 0.05) is 55.4 Å². The minimum Gasteiger partial charge on any atom is -0.481 e. The van der Waals surface area contributed by atoms with Crippen LogP contribution in [-0.4, -0.2) is 111 Å². The summed E-state index contributed by atoms with van der Waals surface area (Å²) in [7, 11) is 0. The van der Waals surface area contributed by atoms with Gasteiger partial charge in [-0.3, -0.25) is 38.4 Å². The van der Waals surface area contributed by atoms with Crippen molar-refractivity contribution in [3.63, 3.8) is 0 Å². The third-order valence-corrected chi connectivity index (χ3v) is 12.4. The Morgan fingerprint density at radius 1 is 0.506 bits per heavy atom. The Labute approximate surface area is 517 Å². The van der Waals surface area contributed by atoms with Crippen molar-refractivity contribution in [3.05, 3.63) is 102 Å². The number of benzene rings is 3. The first-order valence-electron chi connectivity index (χ1n) is 29.4. The fourth-order valence-corrected chi connectivity index (χ4v) is 6.77. The molecule has 0 aliphatic rings. The fraction of sp³-hybridized carbons (Fsp3) is 0.530. The first kappa shape index (κ1) is 86.0. The zero-order chi connectivity index (χ0) is 67.9. The lowest BCUT2D eigenvalue weighted by Gasteiger charge is -2.23. The standard InChI is InChI=1S/C12H13NO.C11H22N2O2.C11H15NO.C10H13NO.C6H12N2O2.C6H13NO.C6H10O3.C4H9NO/c1-9(14)6-7-11-8-10-4-2-3-5-12(10)13-11;1-6(2)9(12)11(15)13-10(7(3)4)8(5)14;1-9(13)3-2-4-10-5-7-11(12)8-6-10;1-8(12)10(11)7-9-5-3-2-4-6-9;1-4(9)5(7)2-3-6(8)10;1-4(2)6(7)5(3)8;1-5(7)3-2-4-6(8)9;1-4(6)2-3-5/h2-5,8,13H,6-7H2,1H3;6-7,9-10H,12H2,1-5H3,(H,13,15);5-8H,2-4,12H2,1H3;2-6,10H,7,11H2,1H3;5H,2-3,7H2,1H3,(H2,8,10);4,6H,7H2,1-3H3;2-4H2,1H3,(H,8,9);2-3,5H2,1H3/t;9-,10-;;10-;5-;6-;;/m.0.000../s1. The molecule has 0 fully saturated rings. The Morgan fingerprint density at radius 2 is 0.989 bits per heavy atom. The molecule has 0 radical (unpaired) electrons. The number of aliphatic carboxylic acids is 1. The van der Waals surface area contributed by atoms with Gasteiger partial charge in [-0.05, 0) is 159 Å². The van der Waals surface area contributed by atoms with Crippen molar-refractivity contribution in [2.24, 2.45) is 52.2 Å². The van der Waals surface area contributed by atoms with E-state index in [0.717, 1.165) is 41.7 Å². The van der Waals surface area contributed by atoms with Crippen LogP contribution >= 0.6 is 0 Å². The van der Waals surface area contributed by atoms with E-state index in [9.17, 15) is 52.7 Å². The lowest BCUT2D eigenvalue weighted by Crippen LogP contribution is -2.51. The third-order valence-electron chi connectivity index (χ3n) is 12.4. The Balaban J connectivity index is -0.000000459. The fourth-order valence-electron chi connectivity index (χ4n) is 6.77. The molecule has 17 N–H and O–H groups in total. The molecule has 0 aliphatic carbocycles. The van der Waals surface area contributed by atoms with Gasteiger partial charge >= 0.3 is 5.97 Å². The Morgan fingerprint density at radius 3 is 1.37 bits per heavy atom. The summed E-state index contributed by atoms with van der Waals surface area (Å²) in [4.78, 5) is 120. The second-order valence-electron chi connectivity index (χ2n) is 22.2. The number of aromatic amines is 1. The summed E-state index contributed by atoms with van der Waals surface area (Å²) in [5.74, 6) is -0.391. The number of H-pyrrole nitrogens is 1. The lowest BCUT2D eigenvalue weighted by molar-refractivity contribution is -0.137. The highest BCUT2D eigenvalue weighted by Gasteiger charge is 2.25. The van der Waals surface area contributed by atoms with Crippen LogP contribution < -0.4 is 45.5 Å². The number of para-hydroxylation sites is 1. The highest BCUT2D eigenvalue weighted by atomic mass is 16.4. The minimum absolute atomic E-state index is 0.0330. The van der Waals surface area contributed by atoms with E-state index in [2.05, 4.69) is 22.4 Å². The van der Waals surface area contributed by atoms with E-state index < -0.39 is 30.0 Å². The summed E-state index contributed by atoms with van der Waals surface area (Å²) >= 11 is 0. The molecule has 21 heteroatoms. The van der Waals surface area contributed by atoms with Crippen molar-refractivity contribution < 1.29 is 57.8 Å². The molecule has 0 saturated heterocycles. The molecule has 4 rings (SSSR count). The van der Waals surface area contributed by atoms with Gasteiger partial charge in [0.2, 0.25) is 11.8 Å². The first-order chi connectivity index (χ1) is 40.4. The van der Waals surface area contributed by atoms with E-state index in [4.69, 9.17) is 45.2 Å². The van der Waals surface area contributed by atoms with Crippen molar-refractivity contribution in [1.29, 1.82) is 0 Å². The van der Waals surface area contributed by atoms with E-state index in [0.29, 0.717) is 51.5 Å². The molecule has 5 atom stereocenters. The van der Waals surface area contributed by atoms with Gasteiger partial charge in [-0.15, -0.1) is 0 Å². The van der Waals surface area contributed by atoms with Gasteiger partial charge in [-0.25, -0.2) is 0 Å². The second-order valence-corrected chi connectivity index (χ2v) is 22.2. The molecule has 1 heterocycles. The molecular formula is C66H107N9O12. The van der Waals surface area contributed by atoms with Crippen LogP contribution in [0.3, 0.4) is 0 Å². The van der Waals surface area contributed by atoms with Crippen LogP contribution in [0.1, 0.15) is 172 Å². The predicted octanol–water partition coefficient (Wildman–Crippen LogP) is 7.20. The molecule has 0 unspecified atom stereocenters. The van der Waals surface area contributed by atoms with Gasteiger partial charge < -0.3 is 69.9 Å². The van der Waals surface area contributed by atoms with Crippen molar-refractivity contribution in [2.45, 2.75) is 204 Å². The molecule has 488 valence electrons. The molecule has 1 aromatic heterocycles. The number of fused-ring (bicyclic) bond motifs is 1. The van der Waals surface area contributed by atoms with Crippen LogP contribution in [0.15, 0.2) is 84.9 Å². The number of hydrogen-bond donors (Lipinski definition) is 10. The van der Waals surface area contributed by atoms with Gasteiger partial charge in [0.15, 0.2) is 5.78 Å². The lowest BCUT2D eigenvalue weighted by atomic mass is 9.98. The maximum Gasteiger partial charge on any atom is 0.303 e. The number of amides is 2. The number of Topliss-reactive ketones (excluding diaryl/α,β-unsaturated/α-hetero) is 8. The van der Waals surface area contributed by atoms with Crippen LogP contribution in [0.2, 0.25) is 0 Å². The number of hydrogen-bond acceptors (Lipinski definition) is 17. The molecule has 0 aliphatic heterocycles. The molecule has 0 saturated carbocycles. The second kappa shape index (κ2) is 50.7. The molecule has 21 nitrogen and oxygen atoms in total. The van der Waals surface area contributed by atoms with E-state index in [1.54, 1.807) is 13.8 Å². The largest absolute Gasteiger partial charge is 0.481 e. The van der Waals surface area contributed by atoms with Crippen LogP contribution in [0, 0.1) is 17.8 Å². The number of carboxylic acids is 1. The summed E-state index contributed by atoms with van der Waals surface area (Å²) in [6.07, 6.45) is 6.61. The number of nitrogen functional groups attached to an aromatic ring is 1. The summed E-state index contributed by atoms with van der Waals surface area (Å²) in [6.45, 7) is 24.1. The normalized spacial score (nSPS) is 11.8. The maximum absolute atomic E-state index is 11.6. The van der Waals surface area contributed by atoms with Gasteiger partial charge in [0.05, 0.1) is 30.2 Å². The average molecular weight is 1220 g/mol. The number of nitrogens with one attached hydrogen (secondary N) is 2. The summed E-state index contributed by atoms with van der Waals surface area (Å²) in [5.41, 5.74) is 42.8. The first-order valence-corrected chi connectivity index (χ1v) is 29.4. The van der Waals surface area contributed by atoms with Crippen molar-refractivity contribution in [3.8, 4) is 0 Å². The summed E-state index contributed by atoms with van der Waals surface area (Å²) in [6, 6.07) is 25.7. The Bertz CT molecular complexity index is 2610. The zero-order valence-electron chi connectivity index (χ0n) is 54.4. The van der Waals surface area contributed by atoms with E-state index in [1.807, 2.05) is 114 Å². The SMILES string of the molecule is CC(=O)CCCC(=O)O.CC(=O)CCCc1ccc(N)cc1.CC(=O)CCN.CC(=O)CCc1cc2ccccc2[nH]1.CC(=O)[C@@H](N)C(C)C.CC(=O)[C@@H](N)CCC(N)=O.CC(=O)[C@@H](N)Cc1ccccc1.CC(=O)[C@@H](NC(=O)[C@@H](N)C(C)C)C(C)C. The van der Waals surface area contributed by atoms with Crippen LogP contribution in [0.4, 0.5) is 5.69 Å². The summed E-state index contributed by atoms with van der Waals surface area (Å²) in [5, 5.41) is 12.0. The van der Waals surface area contributed by atoms with Gasteiger partial charge in [-0.2, -0.15) is 0 Å². The topological polar surface area (TPSA) is 418 Å². The number of anilines is 1. The number of nitrogens with two attached hydrogens (primary N) is 7. The number of primary amides is 1.